The normalized spacial score (nSPS) is 11.4. The van der Waals surface area contributed by atoms with E-state index in [0.29, 0.717) is 5.69 Å². The molecule has 1 aromatic rings. The molecule has 6 nitrogen and oxygen atoms in total. The number of nitrogens with two attached hydrogens (primary N) is 1. The Bertz CT molecular complexity index is 248. The Labute approximate surface area is 82.1 Å². The van der Waals surface area contributed by atoms with Crippen molar-refractivity contribution in [2.45, 2.75) is 12.5 Å². The van der Waals surface area contributed by atoms with Crippen LogP contribution in [0.2, 0.25) is 0 Å². The van der Waals surface area contributed by atoms with Crippen molar-refractivity contribution >= 4 is 5.97 Å². The molecule has 0 unspecified atom stereocenters. The first kappa shape index (κ1) is 12.6. The number of carboxylic acids is 1. The zero-order valence-electron chi connectivity index (χ0n) is 8.23. The van der Waals surface area contributed by atoms with Gasteiger partial charge in [0, 0.05) is 26.8 Å². The monoisotopic (exact) mass is 201 g/mol. The maximum Gasteiger partial charge on any atom is 0.320 e. The van der Waals surface area contributed by atoms with Crippen molar-refractivity contribution in [3.8, 4) is 0 Å². The second-order valence-electron chi connectivity index (χ2n) is 2.62. The van der Waals surface area contributed by atoms with Crippen molar-refractivity contribution in [3.63, 3.8) is 0 Å². The van der Waals surface area contributed by atoms with Crippen LogP contribution in [0.5, 0.6) is 0 Å². The maximum atomic E-state index is 10.3. The molecule has 0 spiro atoms. The Kier molecular flexibility index (Phi) is 6.34. The predicted molar refractivity (Wildman–Crippen MR) is 50.8 cm³/mol. The van der Waals surface area contributed by atoms with E-state index < -0.39 is 12.0 Å². The molecule has 0 saturated carbocycles. The van der Waals surface area contributed by atoms with Gasteiger partial charge in [0.1, 0.15) is 6.04 Å². The molecule has 0 aromatic carbocycles. The van der Waals surface area contributed by atoms with Gasteiger partial charge in [0.25, 0.3) is 0 Å². The summed E-state index contributed by atoms with van der Waals surface area (Å²) in [6.07, 6.45) is 3.38. The van der Waals surface area contributed by atoms with Crippen molar-refractivity contribution in [3.05, 3.63) is 18.2 Å². The number of H-pyrrole nitrogens is 1. The highest BCUT2D eigenvalue weighted by Crippen LogP contribution is 1.95. The minimum atomic E-state index is -1.01. The summed E-state index contributed by atoms with van der Waals surface area (Å²) in [5.74, 6) is -1.01. The van der Waals surface area contributed by atoms with E-state index in [1.807, 2.05) is 0 Å². The zero-order chi connectivity index (χ0) is 11.0. The summed E-state index contributed by atoms with van der Waals surface area (Å²) in [7, 11) is 3.25. The molecule has 0 aliphatic rings. The number of nitrogens with zero attached hydrogens (tertiary/aromatic N) is 1. The summed E-state index contributed by atoms with van der Waals surface area (Å²) in [5, 5.41) is 8.42. The third kappa shape index (κ3) is 5.28. The molecular weight excluding hydrogens is 186 g/mol. The average molecular weight is 201 g/mol. The van der Waals surface area contributed by atoms with Gasteiger partial charge < -0.3 is 20.6 Å². The Balaban J connectivity index is 0.000000500. The minimum Gasteiger partial charge on any atom is -0.480 e. The highest BCUT2D eigenvalue weighted by molar-refractivity contribution is 5.73. The smallest absolute Gasteiger partial charge is 0.320 e. The third-order valence-corrected chi connectivity index (χ3v) is 1.30. The molecule has 1 aromatic heterocycles. The van der Waals surface area contributed by atoms with Crippen LogP contribution in [0.4, 0.5) is 0 Å². The number of rotatable bonds is 3. The van der Waals surface area contributed by atoms with E-state index >= 15 is 0 Å². The molecule has 1 rings (SSSR count). The van der Waals surface area contributed by atoms with E-state index in [-0.39, 0.29) is 6.42 Å². The quantitative estimate of drug-likeness (QED) is 0.619. The number of aromatic amines is 1. The number of carbonyl (C=O) groups is 1. The molecule has 80 valence electrons. The average Bonchev–Trinajstić information content (AvgIpc) is 2.58. The minimum absolute atomic E-state index is 0.263. The van der Waals surface area contributed by atoms with Crippen LogP contribution < -0.4 is 5.73 Å². The summed E-state index contributed by atoms with van der Waals surface area (Å²) in [4.78, 5) is 16.8. The van der Waals surface area contributed by atoms with Crippen LogP contribution in [0, 0.1) is 0 Å². The van der Waals surface area contributed by atoms with Crippen molar-refractivity contribution in [1.29, 1.82) is 0 Å². The lowest BCUT2D eigenvalue weighted by Gasteiger charge is -2.01. The Hall–Kier alpha value is -1.40. The van der Waals surface area contributed by atoms with E-state index in [0.717, 1.165) is 0 Å². The van der Waals surface area contributed by atoms with Gasteiger partial charge in [-0.25, -0.2) is 4.98 Å². The standard InChI is InChI=1S/C6H9N3O2.C2H6O/c7-5(6(10)11)1-4-2-8-3-9-4;1-3-2/h2-3,5H,1,7H2,(H,8,9)(H,10,11);1-2H3/t5-;/m0./s1. The molecule has 1 heterocycles. The Morgan fingerprint density at radius 1 is 1.79 bits per heavy atom. The Morgan fingerprint density at radius 3 is 2.71 bits per heavy atom. The number of imidazole rings is 1. The predicted octanol–water partition coefficient (Wildman–Crippen LogP) is -0.373. The first-order chi connectivity index (χ1) is 6.61. The van der Waals surface area contributed by atoms with Crippen LogP contribution in [0.25, 0.3) is 0 Å². The lowest BCUT2D eigenvalue weighted by atomic mass is 10.2. The Morgan fingerprint density at radius 2 is 2.36 bits per heavy atom. The van der Waals surface area contributed by atoms with Gasteiger partial charge >= 0.3 is 5.97 Å². The van der Waals surface area contributed by atoms with Gasteiger partial charge in [-0.1, -0.05) is 0 Å². The fraction of sp³-hybridized carbons (Fsp3) is 0.500. The molecule has 4 N–H and O–H groups in total. The molecule has 14 heavy (non-hydrogen) atoms. The molecule has 6 heteroatoms. The molecule has 0 aliphatic carbocycles. The number of carboxylic acid groups (broad SMARTS) is 1. The number of aliphatic carboxylic acids is 1. The van der Waals surface area contributed by atoms with Crippen LogP contribution in [0.15, 0.2) is 12.5 Å². The third-order valence-electron chi connectivity index (χ3n) is 1.30. The van der Waals surface area contributed by atoms with E-state index in [1.54, 1.807) is 20.4 Å². The summed E-state index contributed by atoms with van der Waals surface area (Å²) >= 11 is 0. The molecule has 0 fully saturated rings. The molecule has 0 aliphatic heterocycles. The van der Waals surface area contributed by atoms with Crippen molar-refractivity contribution in [1.82, 2.24) is 9.97 Å². The summed E-state index contributed by atoms with van der Waals surface area (Å²) in [5.41, 5.74) is 5.92. The van der Waals surface area contributed by atoms with Gasteiger partial charge in [-0.3, -0.25) is 4.79 Å². The second-order valence-corrected chi connectivity index (χ2v) is 2.62. The largest absolute Gasteiger partial charge is 0.480 e. The van der Waals surface area contributed by atoms with E-state index in [2.05, 4.69) is 14.7 Å². The van der Waals surface area contributed by atoms with Gasteiger partial charge in [-0.05, 0) is 0 Å². The second kappa shape index (κ2) is 7.05. The zero-order valence-corrected chi connectivity index (χ0v) is 8.23. The van der Waals surface area contributed by atoms with Crippen LogP contribution in [0.1, 0.15) is 5.69 Å². The molecule has 0 saturated heterocycles. The topological polar surface area (TPSA) is 101 Å². The van der Waals surface area contributed by atoms with Gasteiger partial charge in [0.2, 0.25) is 0 Å². The van der Waals surface area contributed by atoms with E-state index in [9.17, 15) is 4.79 Å². The molecule has 0 bridgehead atoms. The lowest BCUT2D eigenvalue weighted by molar-refractivity contribution is -0.138. The number of methoxy groups -OCH3 is 1. The molecule has 0 amide bonds. The fourth-order valence-corrected chi connectivity index (χ4v) is 0.715. The summed E-state index contributed by atoms with van der Waals surface area (Å²) < 4.78 is 4.25. The van der Waals surface area contributed by atoms with E-state index in [4.69, 9.17) is 10.8 Å². The number of hydrogen-bond acceptors (Lipinski definition) is 4. The lowest BCUT2D eigenvalue weighted by Crippen LogP contribution is -2.32. The van der Waals surface area contributed by atoms with Crippen LogP contribution in [-0.4, -0.2) is 41.3 Å². The van der Waals surface area contributed by atoms with Gasteiger partial charge in [-0.15, -0.1) is 0 Å². The molecule has 1 atom stereocenters. The van der Waals surface area contributed by atoms with Gasteiger partial charge in [-0.2, -0.15) is 0 Å². The highest BCUT2D eigenvalue weighted by Gasteiger charge is 2.12. The first-order valence-corrected chi connectivity index (χ1v) is 3.98. The van der Waals surface area contributed by atoms with Gasteiger partial charge in [0.05, 0.1) is 12.0 Å². The van der Waals surface area contributed by atoms with Crippen molar-refractivity contribution in [2.24, 2.45) is 5.73 Å². The van der Waals surface area contributed by atoms with Crippen molar-refractivity contribution in [2.75, 3.05) is 14.2 Å². The summed E-state index contributed by atoms with van der Waals surface area (Å²) in [6, 6.07) is -0.863. The van der Waals surface area contributed by atoms with Gasteiger partial charge in [0.15, 0.2) is 0 Å². The molecule has 0 radical (unpaired) electrons. The highest BCUT2D eigenvalue weighted by atomic mass is 16.4. The summed E-state index contributed by atoms with van der Waals surface area (Å²) in [6.45, 7) is 0. The number of nitrogens with one attached hydrogen (secondary N) is 1. The SMILES string of the molecule is COC.N[C@@H](Cc1c[nH]cn1)C(=O)O. The van der Waals surface area contributed by atoms with Crippen molar-refractivity contribution < 1.29 is 14.6 Å². The van der Waals surface area contributed by atoms with Crippen LogP contribution >= 0.6 is 0 Å². The first-order valence-electron chi connectivity index (χ1n) is 3.98. The maximum absolute atomic E-state index is 10.3. The fourth-order valence-electron chi connectivity index (χ4n) is 0.715. The number of hydrogen-bond donors (Lipinski definition) is 3. The van der Waals surface area contributed by atoms with Crippen LogP contribution in [-0.2, 0) is 16.0 Å². The van der Waals surface area contributed by atoms with E-state index in [1.165, 1.54) is 6.33 Å². The number of ether oxygens (including phenoxy) is 1. The number of aromatic nitrogens is 2. The molecular formula is C8H15N3O3. The van der Waals surface area contributed by atoms with Crippen LogP contribution in [0.3, 0.4) is 0 Å².